The van der Waals surface area contributed by atoms with Gasteiger partial charge in [-0.25, -0.2) is 0 Å². The molecule has 1 aliphatic heterocycles. The van der Waals surface area contributed by atoms with Gasteiger partial charge in [0.15, 0.2) is 5.58 Å². The number of benzene rings is 1. The predicted molar refractivity (Wildman–Crippen MR) is 91.1 cm³/mol. The highest BCUT2D eigenvalue weighted by molar-refractivity contribution is 5.74. The first-order valence-electron chi connectivity index (χ1n) is 8.45. The highest BCUT2D eigenvalue weighted by atomic mass is 16.4. The van der Waals surface area contributed by atoms with Crippen molar-refractivity contribution in [3.05, 3.63) is 36.0 Å². The second-order valence-corrected chi connectivity index (χ2v) is 6.28. The number of aliphatic hydroxyl groups is 1. The topological polar surface area (TPSA) is 91.7 Å². The first-order chi connectivity index (χ1) is 12.1. The monoisotopic (exact) mass is 343 g/mol. The van der Waals surface area contributed by atoms with Gasteiger partial charge >= 0.3 is 0 Å². The molecule has 1 fully saturated rings. The molecule has 25 heavy (non-hydrogen) atoms. The van der Waals surface area contributed by atoms with Gasteiger partial charge in [-0.15, -0.1) is 10.2 Å². The third kappa shape index (κ3) is 3.10. The van der Waals surface area contributed by atoms with E-state index in [1.165, 1.54) is 0 Å². The Morgan fingerprint density at radius 2 is 2.08 bits per heavy atom. The molecule has 2 aromatic heterocycles. The van der Waals surface area contributed by atoms with E-state index in [-0.39, 0.29) is 6.04 Å². The van der Waals surface area contributed by atoms with Crippen LogP contribution in [0.4, 0.5) is 6.01 Å². The largest absolute Gasteiger partial charge is 0.424 e. The second-order valence-electron chi connectivity index (χ2n) is 6.28. The number of fused-ring (bicyclic) bond motifs is 1. The Morgan fingerprint density at radius 3 is 2.80 bits per heavy atom. The van der Waals surface area contributed by atoms with Crippen LogP contribution in [0, 0.1) is 6.92 Å². The van der Waals surface area contributed by atoms with Gasteiger partial charge in [0.2, 0.25) is 11.8 Å². The fraction of sp³-hybridized carbons (Fsp3) is 0.471. The summed E-state index contributed by atoms with van der Waals surface area (Å²) < 4.78 is 11.3. The normalized spacial score (nSPS) is 20.9. The van der Waals surface area contributed by atoms with Crippen molar-refractivity contribution in [3.63, 3.8) is 0 Å². The van der Waals surface area contributed by atoms with Gasteiger partial charge in [-0.05, 0) is 18.7 Å². The molecule has 8 heteroatoms. The Labute approximate surface area is 145 Å². The lowest BCUT2D eigenvalue weighted by molar-refractivity contribution is 0.0761. The average molecular weight is 343 g/mol. The molecule has 1 aliphatic rings. The molecule has 0 amide bonds. The van der Waals surface area contributed by atoms with E-state index < -0.39 is 6.10 Å². The molecule has 0 saturated carbocycles. The van der Waals surface area contributed by atoms with Crippen molar-refractivity contribution in [1.29, 1.82) is 0 Å². The van der Waals surface area contributed by atoms with Crippen molar-refractivity contribution < 1.29 is 13.9 Å². The molecule has 0 radical (unpaired) electrons. The van der Waals surface area contributed by atoms with Gasteiger partial charge in [0.05, 0.1) is 18.7 Å². The summed E-state index contributed by atoms with van der Waals surface area (Å²) in [6.45, 7) is 6.22. The first-order valence-corrected chi connectivity index (χ1v) is 8.45. The molecule has 0 bridgehead atoms. The van der Waals surface area contributed by atoms with E-state index in [0.29, 0.717) is 37.4 Å². The Balaban J connectivity index is 1.51. The number of β-amino-alcohol motifs (C(OH)–C–C–N with tert-alkyl or cyclic N) is 1. The van der Waals surface area contributed by atoms with Crippen LogP contribution in [0.5, 0.6) is 0 Å². The molecule has 3 aromatic rings. The number of rotatable bonds is 5. The molecule has 1 saturated heterocycles. The molecule has 0 aliphatic carbocycles. The minimum Gasteiger partial charge on any atom is -0.424 e. The maximum absolute atomic E-state index is 10.6. The van der Waals surface area contributed by atoms with Crippen molar-refractivity contribution in [3.8, 4) is 0 Å². The van der Waals surface area contributed by atoms with Crippen molar-refractivity contribution >= 4 is 17.1 Å². The number of oxazole rings is 1. The van der Waals surface area contributed by atoms with E-state index in [9.17, 15) is 5.11 Å². The molecule has 0 spiro atoms. The van der Waals surface area contributed by atoms with Crippen LogP contribution in [0.15, 0.2) is 33.1 Å². The number of para-hydroxylation sites is 2. The Hall–Kier alpha value is -2.45. The fourth-order valence-corrected chi connectivity index (χ4v) is 3.32. The third-order valence-electron chi connectivity index (χ3n) is 4.59. The number of aryl methyl sites for hydroxylation is 1. The van der Waals surface area contributed by atoms with Gasteiger partial charge in [0, 0.05) is 20.0 Å². The van der Waals surface area contributed by atoms with E-state index in [1.807, 2.05) is 29.2 Å². The van der Waals surface area contributed by atoms with Crippen LogP contribution < -0.4 is 4.90 Å². The standard InChI is InChI=1S/C17H21N5O3/c1-3-21(10-16-20-19-11(2)24-16)13-8-22(9-14(13)23)17-18-12-6-4-5-7-15(12)25-17/h4-7,13-14,23H,3,8-10H2,1-2H3/t13?,14-/m1/s1. The van der Waals surface area contributed by atoms with Crippen molar-refractivity contribution in [1.82, 2.24) is 20.1 Å². The first kappa shape index (κ1) is 16.0. The maximum atomic E-state index is 10.6. The molecule has 1 unspecified atom stereocenters. The maximum Gasteiger partial charge on any atom is 0.298 e. The summed E-state index contributed by atoms with van der Waals surface area (Å²) >= 11 is 0. The summed E-state index contributed by atoms with van der Waals surface area (Å²) in [6, 6.07) is 8.17. The fourth-order valence-electron chi connectivity index (χ4n) is 3.32. The van der Waals surface area contributed by atoms with Gasteiger partial charge in [0.1, 0.15) is 5.52 Å². The summed E-state index contributed by atoms with van der Waals surface area (Å²) in [6.07, 6.45) is -0.501. The summed E-state index contributed by atoms with van der Waals surface area (Å²) in [5.41, 5.74) is 1.58. The summed E-state index contributed by atoms with van der Waals surface area (Å²) in [4.78, 5) is 8.65. The number of nitrogens with zero attached hydrogens (tertiary/aromatic N) is 5. The van der Waals surface area contributed by atoms with E-state index in [2.05, 4.69) is 27.0 Å². The number of anilines is 1. The van der Waals surface area contributed by atoms with Gasteiger partial charge in [0.25, 0.3) is 6.01 Å². The molecular formula is C17H21N5O3. The zero-order chi connectivity index (χ0) is 17.4. The molecule has 132 valence electrons. The van der Waals surface area contributed by atoms with Crippen LogP contribution in [0.3, 0.4) is 0 Å². The highest BCUT2D eigenvalue weighted by Crippen LogP contribution is 2.27. The molecular weight excluding hydrogens is 322 g/mol. The van der Waals surface area contributed by atoms with Gasteiger partial charge in [-0.3, -0.25) is 4.90 Å². The lowest BCUT2D eigenvalue weighted by Gasteiger charge is -2.27. The van der Waals surface area contributed by atoms with Crippen LogP contribution in [-0.2, 0) is 6.54 Å². The van der Waals surface area contributed by atoms with Crippen LogP contribution >= 0.6 is 0 Å². The summed E-state index contributed by atoms with van der Waals surface area (Å²) in [5, 5.41) is 18.5. The Bertz CT molecular complexity index is 828. The quantitative estimate of drug-likeness (QED) is 0.747. The van der Waals surface area contributed by atoms with Gasteiger partial charge < -0.3 is 18.8 Å². The van der Waals surface area contributed by atoms with E-state index >= 15 is 0 Å². The van der Waals surface area contributed by atoms with Gasteiger partial charge in [-0.2, -0.15) is 4.98 Å². The highest BCUT2D eigenvalue weighted by Gasteiger charge is 2.37. The number of aliphatic hydroxyl groups excluding tert-OH is 1. The third-order valence-corrected chi connectivity index (χ3v) is 4.59. The number of aromatic nitrogens is 3. The molecule has 1 N–H and O–H groups in total. The van der Waals surface area contributed by atoms with Crippen molar-refractivity contribution in [2.75, 3.05) is 24.5 Å². The molecule has 3 heterocycles. The SMILES string of the molecule is CCN(Cc1nnc(C)o1)C1CN(c2nc3ccccc3o2)C[C@H]1O. The molecule has 2 atom stereocenters. The van der Waals surface area contributed by atoms with Crippen LogP contribution in [-0.4, -0.2) is 57.0 Å². The summed E-state index contributed by atoms with van der Waals surface area (Å²) in [7, 11) is 0. The van der Waals surface area contributed by atoms with Crippen molar-refractivity contribution in [2.24, 2.45) is 0 Å². The number of hydrogen-bond donors (Lipinski definition) is 1. The Morgan fingerprint density at radius 1 is 1.24 bits per heavy atom. The van der Waals surface area contributed by atoms with E-state index in [1.54, 1.807) is 6.92 Å². The summed E-state index contributed by atoms with van der Waals surface area (Å²) in [5.74, 6) is 1.11. The number of hydrogen-bond acceptors (Lipinski definition) is 8. The number of likely N-dealkylation sites (N-methyl/N-ethyl adjacent to an activating group) is 1. The van der Waals surface area contributed by atoms with Crippen LogP contribution in [0.1, 0.15) is 18.7 Å². The van der Waals surface area contributed by atoms with Crippen molar-refractivity contribution in [2.45, 2.75) is 32.5 Å². The van der Waals surface area contributed by atoms with Crippen LogP contribution in [0.2, 0.25) is 0 Å². The minimum atomic E-state index is -0.501. The predicted octanol–water partition coefficient (Wildman–Crippen LogP) is 1.59. The Kier molecular flexibility index (Phi) is 4.14. The average Bonchev–Trinajstić information content (AvgIpc) is 3.30. The van der Waals surface area contributed by atoms with Crippen LogP contribution in [0.25, 0.3) is 11.1 Å². The van der Waals surface area contributed by atoms with E-state index in [4.69, 9.17) is 8.83 Å². The lowest BCUT2D eigenvalue weighted by atomic mass is 10.2. The zero-order valence-electron chi connectivity index (χ0n) is 14.3. The van der Waals surface area contributed by atoms with Gasteiger partial charge in [-0.1, -0.05) is 19.1 Å². The molecule has 8 nitrogen and oxygen atoms in total. The smallest absolute Gasteiger partial charge is 0.298 e. The minimum absolute atomic E-state index is 0.0489. The van der Waals surface area contributed by atoms with E-state index in [0.717, 1.165) is 17.6 Å². The lowest BCUT2D eigenvalue weighted by Crippen LogP contribution is -2.42. The molecule has 1 aromatic carbocycles. The zero-order valence-corrected chi connectivity index (χ0v) is 14.3. The molecule has 4 rings (SSSR count). The second kappa shape index (κ2) is 6.45.